The fourth-order valence-electron chi connectivity index (χ4n) is 2.67. The van der Waals surface area contributed by atoms with Gasteiger partial charge in [-0.1, -0.05) is 0 Å². The van der Waals surface area contributed by atoms with Crippen LogP contribution in [-0.2, 0) is 9.53 Å². The Bertz CT molecular complexity index is 957. The summed E-state index contributed by atoms with van der Waals surface area (Å²) in [5.41, 5.74) is 0.683. The van der Waals surface area contributed by atoms with Crippen molar-refractivity contribution < 1.29 is 33.3 Å². The van der Waals surface area contributed by atoms with Gasteiger partial charge in [0.25, 0.3) is 11.8 Å². The van der Waals surface area contributed by atoms with Gasteiger partial charge >= 0.3 is 5.97 Å². The van der Waals surface area contributed by atoms with Crippen LogP contribution in [0.1, 0.15) is 34.6 Å². The Hall–Kier alpha value is -3.75. The van der Waals surface area contributed by atoms with Crippen LogP contribution >= 0.6 is 0 Å². The molecule has 0 aliphatic carbocycles. The minimum atomic E-state index is -0.616. The lowest BCUT2D eigenvalue weighted by atomic mass is 10.1. The zero-order chi connectivity index (χ0) is 23.0. The van der Waals surface area contributed by atoms with Gasteiger partial charge in [-0.3, -0.25) is 9.59 Å². The molecule has 2 rings (SSSR count). The SMILES string of the molecule is COC(=O)c1cc(OC)ccc1NC(=O)c1ccc(OCC(=O)NC(C)C)c(OC)c1. The summed E-state index contributed by atoms with van der Waals surface area (Å²) in [5.74, 6) is -0.310. The van der Waals surface area contributed by atoms with Gasteiger partial charge in [0.1, 0.15) is 5.75 Å². The molecule has 2 aromatic rings. The monoisotopic (exact) mass is 430 g/mol. The fourth-order valence-corrected chi connectivity index (χ4v) is 2.67. The van der Waals surface area contributed by atoms with Crippen molar-refractivity contribution in [3.8, 4) is 17.2 Å². The van der Waals surface area contributed by atoms with E-state index in [4.69, 9.17) is 18.9 Å². The van der Waals surface area contributed by atoms with Gasteiger partial charge in [0.15, 0.2) is 18.1 Å². The van der Waals surface area contributed by atoms with Crippen molar-refractivity contribution >= 4 is 23.5 Å². The highest BCUT2D eigenvalue weighted by Crippen LogP contribution is 2.29. The first kappa shape index (κ1) is 23.5. The first-order valence-corrected chi connectivity index (χ1v) is 9.47. The second kappa shape index (κ2) is 10.9. The summed E-state index contributed by atoms with van der Waals surface area (Å²) in [4.78, 5) is 36.6. The molecule has 0 aliphatic rings. The van der Waals surface area contributed by atoms with Crippen molar-refractivity contribution in [2.45, 2.75) is 19.9 Å². The quantitative estimate of drug-likeness (QED) is 0.588. The van der Waals surface area contributed by atoms with Crippen molar-refractivity contribution in [3.05, 3.63) is 47.5 Å². The predicted molar refractivity (Wildman–Crippen MR) is 114 cm³/mol. The van der Waals surface area contributed by atoms with E-state index in [1.807, 2.05) is 13.8 Å². The summed E-state index contributed by atoms with van der Waals surface area (Å²) in [5, 5.41) is 5.40. The molecule has 9 heteroatoms. The standard InChI is InChI=1S/C22H26N2O7/c1-13(2)23-20(25)12-31-18-9-6-14(10-19(18)29-4)21(26)24-17-8-7-15(28-3)11-16(17)22(27)30-5/h6-11,13H,12H2,1-5H3,(H,23,25)(H,24,26). The summed E-state index contributed by atoms with van der Waals surface area (Å²) >= 11 is 0. The summed E-state index contributed by atoms with van der Waals surface area (Å²) in [6.45, 7) is 3.51. The van der Waals surface area contributed by atoms with Gasteiger partial charge < -0.3 is 29.6 Å². The molecule has 31 heavy (non-hydrogen) atoms. The predicted octanol–water partition coefficient (Wildman–Crippen LogP) is 2.65. The molecular weight excluding hydrogens is 404 g/mol. The van der Waals surface area contributed by atoms with Gasteiger partial charge in [-0.05, 0) is 50.2 Å². The van der Waals surface area contributed by atoms with Crippen LogP contribution in [0.3, 0.4) is 0 Å². The number of rotatable bonds is 9. The highest BCUT2D eigenvalue weighted by atomic mass is 16.5. The Kier molecular flexibility index (Phi) is 8.25. The van der Waals surface area contributed by atoms with Crippen LogP contribution in [0.4, 0.5) is 5.69 Å². The van der Waals surface area contributed by atoms with Gasteiger partial charge in [0.2, 0.25) is 0 Å². The van der Waals surface area contributed by atoms with Gasteiger partial charge in [-0.15, -0.1) is 0 Å². The van der Waals surface area contributed by atoms with E-state index in [1.165, 1.54) is 45.6 Å². The summed E-state index contributed by atoms with van der Waals surface area (Å²) in [7, 11) is 4.15. The van der Waals surface area contributed by atoms with Gasteiger partial charge in [-0.2, -0.15) is 0 Å². The molecule has 0 bridgehead atoms. The third-order valence-electron chi connectivity index (χ3n) is 4.11. The maximum Gasteiger partial charge on any atom is 0.340 e. The van der Waals surface area contributed by atoms with Crippen LogP contribution in [0.25, 0.3) is 0 Å². The molecular formula is C22H26N2O7. The van der Waals surface area contributed by atoms with Crippen LogP contribution < -0.4 is 24.8 Å². The summed E-state index contributed by atoms with van der Waals surface area (Å²) in [6, 6.07) is 9.16. The van der Waals surface area contributed by atoms with E-state index >= 15 is 0 Å². The largest absolute Gasteiger partial charge is 0.497 e. The number of anilines is 1. The molecule has 0 spiro atoms. The third kappa shape index (κ3) is 6.36. The highest BCUT2D eigenvalue weighted by Gasteiger charge is 2.18. The first-order valence-electron chi connectivity index (χ1n) is 9.47. The zero-order valence-corrected chi connectivity index (χ0v) is 18.1. The van der Waals surface area contributed by atoms with Gasteiger partial charge in [-0.25, -0.2) is 4.79 Å². The molecule has 0 heterocycles. The molecule has 0 fully saturated rings. The van der Waals surface area contributed by atoms with Crippen molar-refractivity contribution in [2.75, 3.05) is 33.3 Å². The minimum Gasteiger partial charge on any atom is -0.497 e. The van der Waals surface area contributed by atoms with E-state index in [0.29, 0.717) is 11.5 Å². The van der Waals surface area contributed by atoms with E-state index in [1.54, 1.807) is 12.1 Å². The molecule has 2 aromatic carbocycles. The smallest absolute Gasteiger partial charge is 0.340 e. The topological polar surface area (TPSA) is 112 Å². The van der Waals surface area contributed by atoms with E-state index in [0.717, 1.165) is 0 Å². The number of hydrogen-bond donors (Lipinski definition) is 2. The Morgan fingerprint density at radius 1 is 0.935 bits per heavy atom. The maximum absolute atomic E-state index is 12.7. The summed E-state index contributed by atoms with van der Waals surface area (Å²) < 4.78 is 20.7. The van der Waals surface area contributed by atoms with E-state index < -0.39 is 11.9 Å². The number of carbonyl (C=O) groups is 3. The molecule has 0 atom stereocenters. The number of hydrogen-bond acceptors (Lipinski definition) is 7. The Morgan fingerprint density at radius 3 is 2.29 bits per heavy atom. The molecule has 0 aromatic heterocycles. The lowest BCUT2D eigenvalue weighted by molar-refractivity contribution is -0.123. The molecule has 2 N–H and O–H groups in total. The number of methoxy groups -OCH3 is 3. The summed E-state index contributed by atoms with van der Waals surface area (Å²) in [6.07, 6.45) is 0. The molecule has 0 saturated carbocycles. The number of benzene rings is 2. The van der Waals surface area contributed by atoms with E-state index in [9.17, 15) is 14.4 Å². The van der Waals surface area contributed by atoms with Crippen molar-refractivity contribution in [2.24, 2.45) is 0 Å². The number of ether oxygens (including phenoxy) is 4. The first-order chi connectivity index (χ1) is 14.8. The highest BCUT2D eigenvalue weighted by molar-refractivity contribution is 6.08. The van der Waals surface area contributed by atoms with E-state index in [2.05, 4.69) is 10.6 Å². The average Bonchev–Trinajstić information content (AvgIpc) is 2.76. The zero-order valence-electron chi connectivity index (χ0n) is 18.1. The molecule has 0 radical (unpaired) electrons. The molecule has 9 nitrogen and oxygen atoms in total. The molecule has 0 saturated heterocycles. The maximum atomic E-state index is 12.7. The molecule has 2 amide bonds. The Balaban J connectivity index is 2.19. The van der Waals surface area contributed by atoms with Crippen LogP contribution in [0.5, 0.6) is 17.2 Å². The van der Waals surface area contributed by atoms with Gasteiger partial charge in [0, 0.05) is 11.6 Å². The number of nitrogens with one attached hydrogen (secondary N) is 2. The van der Waals surface area contributed by atoms with E-state index in [-0.39, 0.29) is 41.1 Å². The lowest BCUT2D eigenvalue weighted by Gasteiger charge is -2.14. The molecule has 166 valence electrons. The van der Waals surface area contributed by atoms with Crippen LogP contribution in [0.15, 0.2) is 36.4 Å². The van der Waals surface area contributed by atoms with Crippen molar-refractivity contribution in [1.82, 2.24) is 5.32 Å². The Morgan fingerprint density at radius 2 is 1.68 bits per heavy atom. The molecule has 0 unspecified atom stereocenters. The lowest BCUT2D eigenvalue weighted by Crippen LogP contribution is -2.34. The van der Waals surface area contributed by atoms with Gasteiger partial charge in [0.05, 0.1) is 32.6 Å². The van der Waals surface area contributed by atoms with Crippen LogP contribution in [0.2, 0.25) is 0 Å². The van der Waals surface area contributed by atoms with Crippen molar-refractivity contribution in [1.29, 1.82) is 0 Å². The van der Waals surface area contributed by atoms with Crippen LogP contribution in [-0.4, -0.2) is 51.8 Å². The fraction of sp³-hybridized carbons (Fsp3) is 0.318. The number of esters is 1. The van der Waals surface area contributed by atoms with Crippen molar-refractivity contribution in [3.63, 3.8) is 0 Å². The second-order valence-corrected chi connectivity index (χ2v) is 6.73. The minimum absolute atomic E-state index is 0.00287. The average molecular weight is 430 g/mol. The third-order valence-corrected chi connectivity index (χ3v) is 4.11. The second-order valence-electron chi connectivity index (χ2n) is 6.73. The normalized spacial score (nSPS) is 10.3. The Labute approximate surface area is 180 Å². The number of amides is 2. The molecule has 0 aliphatic heterocycles. The number of carbonyl (C=O) groups excluding carboxylic acids is 3. The van der Waals surface area contributed by atoms with Crippen LogP contribution in [0, 0.1) is 0 Å².